The number of amides is 1. The summed E-state index contributed by atoms with van der Waals surface area (Å²) in [6, 6.07) is 3.79. The molecule has 2 N–H and O–H groups in total. The highest BCUT2D eigenvalue weighted by molar-refractivity contribution is 7.99. The summed E-state index contributed by atoms with van der Waals surface area (Å²) in [5.41, 5.74) is 1.65. The minimum atomic E-state index is -0.103. The normalized spacial score (nSPS) is 10.7. The van der Waals surface area contributed by atoms with Gasteiger partial charge in [0.1, 0.15) is 16.2 Å². The van der Waals surface area contributed by atoms with Crippen molar-refractivity contribution >= 4 is 29.0 Å². The van der Waals surface area contributed by atoms with Crippen LogP contribution in [0.2, 0.25) is 0 Å². The van der Waals surface area contributed by atoms with Gasteiger partial charge in [-0.15, -0.1) is 11.3 Å². The molecular weight excluding hydrogens is 332 g/mol. The predicted molar refractivity (Wildman–Crippen MR) is 89.5 cm³/mol. The van der Waals surface area contributed by atoms with Crippen molar-refractivity contribution in [1.82, 2.24) is 30.5 Å². The number of rotatable bonds is 6. The Morgan fingerprint density at radius 2 is 2.39 bits per heavy atom. The number of hydrogen-bond donors (Lipinski definition) is 2. The lowest BCUT2D eigenvalue weighted by molar-refractivity contribution is 0.0959. The molecule has 9 heteroatoms. The third kappa shape index (κ3) is 3.93. The zero-order valence-corrected chi connectivity index (χ0v) is 13.9. The minimum absolute atomic E-state index is 0.103. The number of pyridine rings is 1. The van der Waals surface area contributed by atoms with E-state index in [4.69, 9.17) is 0 Å². The van der Waals surface area contributed by atoms with E-state index in [0.29, 0.717) is 17.2 Å². The van der Waals surface area contributed by atoms with Crippen LogP contribution in [0.15, 0.2) is 36.0 Å². The van der Waals surface area contributed by atoms with Crippen LogP contribution in [-0.4, -0.2) is 43.4 Å². The van der Waals surface area contributed by atoms with Gasteiger partial charge in [0.15, 0.2) is 5.16 Å². The Kier molecular flexibility index (Phi) is 4.99. The fourth-order valence-electron chi connectivity index (χ4n) is 1.88. The van der Waals surface area contributed by atoms with Gasteiger partial charge >= 0.3 is 0 Å². The largest absolute Gasteiger partial charge is 0.350 e. The Morgan fingerprint density at radius 3 is 3.13 bits per heavy atom. The molecule has 3 aromatic rings. The summed E-state index contributed by atoms with van der Waals surface area (Å²) in [6.45, 7) is 2.39. The van der Waals surface area contributed by atoms with Crippen LogP contribution in [0.25, 0.3) is 10.6 Å². The molecule has 0 aliphatic heterocycles. The van der Waals surface area contributed by atoms with Crippen molar-refractivity contribution in [3.8, 4) is 10.6 Å². The fraction of sp³-hybridized carbons (Fsp3) is 0.214. The summed E-state index contributed by atoms with van der Waals surface area (Å²) in [6.07, 6.45) is 4.92. The first-order valence-electron chi connectivity index (χ1n) is 6.88. The first-order chi connectivity index (χ1) is 11.2. The molecule has 0 saturated carbocycles. The Morgan fingerprint density at radius 1 is 1.48 bits per heavy atom. The molecule has 23 heavy (non-hydrogen) atoms. The summed E-state index contributed by atoms with van der Waals surface area (Å²) in [4.78, 5) is 25.5. The van der Waals surface area contributed by atoms with Crippen molar-refractivity contribution in [2.75, 3.05) is 12.3 Å². The van der Waals surface area contributed by atoms with Crippen molar-refractivity contribution in [3.05, 3.63) is 41.4 Å². The zero-order valence-electron chi connectivity index (χ0n) is 12.3. The van der Waals surface area contributed by atoms with Crippen LogP contribution in [0.4, 0.5) is 0 Å². The topological polar surface area (TPSA) is 96.5 Å². The number of nitrogens with zero attached hydrogens (tertiary/aromatic N) is 4. The summed E-state index contributed by atoms with van der Waals surface area (Å²) in [7, 11) is 0. The smallest absolute Gasteiger partial charge is 0.263 e. The number of aromatic nitrogens is 5. The Bertz CT molecular complexity index is 772. The molecule has 0 bridgehead atoms. The highest BCUT2D eigenvalue weighted by Gasteiger charge is 2.15. The predicted octanol–water partition coefficient (Wildman–Crippen LogP) is 2.15. The van der Waals surface area contributed by atoms with E-state index in [1.54, 1.807) is 12.4 Å². The molecule has 0 fully saturated rings. The van der Waals surface area contributed by atoms with Gasteiger partial charge in [-0.3, -0.25) is 14.9 Å². The maximum atomic E-state index is 12.3. The zero-order chi connectivity index (χ0) is 16.1. The lowest BCUT2D eigenvalue weighted by Gasteiger charge is -2.02. The van der Waals surface area contributed by atoms with Gasteiger partial charge in [-0.25, -0.2) is 9.97 Å². The van der Waals surface area contributed by atoms with E-state index in [2.05, 4.69) is 30.5 Å². The first kappa shape index (κ1) is 15.6. The maximum Gasteiger partial charge on any atom is 0.263 e. The van der Waals surface area contributed by atoms with Gasteiger partial charge in [0.05, 0.1) is 5.69 Å². The Labute approximate surface area is 141 Å². The molecule has 0 atom stereocenters. The van der Waals surface area contributed by atoms with Crippen LogP contribution in [0.3, 0.4) is 0 Å². The summed E-state index contributed by atoms with van der Waals surface area (Å²) >= 11 is 2.88. The molecule has 7 nitrogen and oxygen atoms in total. The van der Waals surface area contributed by atoms with E-state index in [1.807, 2.05) is 19.1 Å². The summed E-state index contributed by atoms with van der Waals surface area (Å²) < 4.78 is 0. The van der Waals surface area contributed by atoms with E-state index in [-0.39, 0.29) is 5.91 Å². The molecule has 0 saturated heterocycles. The van der Waals surface area contributed by atoms with E-state index in [1.165, 1.54) is 29.4 Å². The lowest BCUT2D eigenvalue weighted by atomic mass is 10.3. The third-order valence-corrected chi connectivity index (χ3v) is 5.01. The van der Waals surface area contributed by atoms with Gasteiger partial charge in [0, 0.05) is 30.3 Å². The van der Waals surface area contributed by atoms with Crippen molar-refractivity contribution in [1.29, 1.82) is 0 Å². The molecule has 3 heterocycles. The minimum Gasteiger partial charge on any atom is -0.350 e. The van der Waals surface area contributed by atoms with E-state index in [0.717, 1.165) is 21.4 Å². The number of thioether (sulfide) groups is 1. The van der Waals surface area contributed by atoms with Gasteiger partial charge in [-0.05, 0) is 19.1 Å². The monoisotopic (exact) mass is 346 g/mol. The second kappa shape index (κ2) is 7.34. The van der Waals surface area contributed by atoms with Crippen molar-refractivity contribution in [3.63, 3.8) is 0 Å². The number of thiazole rings is 1. The van der Waals surface area contributed by atoms with Crippen LogP contribution < -0.4 is 5.32 Å². The maximum absolute atomic E-state index is 12.3. The first-order valence-corrected chi connectivity index (χ1v) is 8.68. The molecule has 3 rings (SSSR count). The number of carbonyl (C=O) groups is 1. The molecule has 1 amide bonds. The number of H-pyrrole nitrogens is 1. The molecule has 3 aromatic heterocycles. The van der Waals surface area contributed by atoms with Crippen LogP contribution in [-0.2, 0) is 0 Å². The van der Waals surface area contributed by atoms with Crippen LogP contribution >= 0.6 is 23.1 Å². The molecule has 0 unspecified atom stereocenters. The molecule has 0 aliphatic carbocycles. The molecule has 0 aliphatic rings. The quantitative estimate of drug-likeness (QED) is 0.524. The second-order valence-corrected chi connectivity index (χ2v) is 6.65. The van der Waals surface area contributed by atoms with Crippen LogP contribution in [0.5, 0.6) is 0 Å². The third-order valence-electron chi connectivity index (χ3n) is 2.93. The average Bonchev–Trinajstić information content (AvgIpc) is 3.22. The van der Waals surface area contributed by atoms with Crippen molar-refractivity contribution in [2.45, 2.75) is 12.1 Å². The standard InChI is InChI=1S/C14H14N6OS2/c1-9-11(23-13(19-9)10-3-2-4-15-7-10)12(21)16-5-6-22-14-17-8-18-20-14/h2-4,7-8H,5-6H2,1H3,(H,16,21)(H,17,18,20). The van der Waals surface area contributed by atoms with E-state index >= 15 is 0 Å². The number of hydrogen-bond acceptors (Lipinski definition) is 7. The van der Waals surface area contributed by atoms with Crippen LogP contribution in [0.1, 0.15) is 15.4 Å². The van der Waals surface area contributed by atoms with Gasteiger partial charge in [-0.1, -0.05) is 11.8 Å². The second-order valence-electron chi connectivity index (χ2n) is 4.57. The number of nitrogens with one attached hydrogen (secondary N) is 2. The summed E-state index contributed by atoms with van der Waals surface area (Å²) in [5.74, 6) is 0.613. The van der Waals surface area contributed by atoms with Crippen molar-refractivity contribution < 1.29 is 4.79 Å². The lowest BCUT2D eigenvalue weighted by Crippen LogP contribution is -2.25. The average molecular weight is 346 g/mol. The van der Waals surface area contributed by atoms with Crippen molar-refractivity contribution in [2.24, 2.45) is 0 Å². The fourth-order valence-corrected chi connectivity index (χ4v) is 3.49. The Balaban J connectivity index is 1.58. The number of carbonyl (C=O) groups excluding carboxylic acids is 1. The molecule has 118 valence electrons. The molecule has 0 spiro atoms. The van der Waals surface area contributed by atoms with Gasteiger partial charge in [-0.2, -0.15) is 5.10 Å². The van der Waals surface area contributed by atoms with E-state index in [9.17, 15) is 4.79 Å². The highest BCUT2D eigenvalue weighted by Crippen LogP contribution is 2.27. The van der Waals surface area contributed by atoms with Gasteiger partial charge in [0.25, 0.3) is 5.91 Å². The van der Waals surface area contributed by atoms with E-state index < -0.39 is 0 Å². The van der Waals surface area contributed by atoms with Gasteiger partial charge in [0.2, 0.25) is 0 Å². The molecular formula is C14H14N6OS2. The molecule has 0 aromatic carbocycles. The van der Waals surface area contributed by atoms with Crippen LogP contribution in [0, 0.1) is 6.92 Å². The number of aryl methyl sites for hydroxylation is 1. The van der Waals surface area contributed by atoms with Gasteiger partial charge < -0.3 is 5.32 Å². The molecule has 0 radical (unpaired) electrons. The SMILES string of the molecule is Cc1nc(-c2cccnc2)sc1C(=O)NCCSc1ncn[nH]1. The Hall–Kier alpha value is -2.26. The summed E-state index contributed by atoms with van der Waals surface area (Å²) in [5, 5.41) is 11.0. The number of aromatic amines is 1. The highest BCUT2D eigenvalue weighted by atomic mass is 32.2.